The van der Waals surface area contributed by atoms with E-state index in [2.05, 4.69) is 12.2 Å². The Labute approximate surface area is 68.4 Å². The maximum Gasteiger partial charge on any atom is 0.222 e. The fourth-order valence-corrected chi connectivity index (χ4v) is 1.11. The van der Waals surface area contributed by atoms with E-state index in [1.165, 1.54) is 12.8 Å². The summed E-state index contributed by atoms with van der Waals surface area (Å²) in [6.45, 7) is 5.95. The van der Waals surface area contributed by atoms with E-state index in [0.29, 0.717) is 6.04 Å². The molecule has 1 fully saturated rings. The minimum atomic E-state index is 0.121. The molecule has 0 heterocycles. The van der Waals surface area contributed by atoms with Gasteiger partial charge in [0.15, 0.2) is 0 Å². The van der Waals surface area contributed by atoms with Gasteiger partial charge in [-0.2, -0.15) is 0 Å². The van der Waals surface area contributed by atoms with Crippen molar-refractivity contribution >= 4 is 5.91 Å². The first-order valence-electron chi connectivity index (χ1n) is 4.41. The first-order valence-corrected chi connectivity index (χ1v) is 4.41. The molecule has 1 saturated carbocycles. The average molecular weight is 155 g/mol. The molecule has 0 spiro atoms. The van der Waals surface area contributed by atoms with Crippen molar-refractivity contribution in [2.24, 2.45) is 11.8 Å². The van der Waals surface area contributed by atoms with Gasteiger partial charge in [0.25, 0.3) is 0 Å². The lowest BCUT2D eigenvalue weighted by Gasteiger charge is -2.14. The minimum absolute atomic E-state index is 0.121. The maximum absolute atomic E-state index is 11.2. The van der Waals surface area contributed by atoms with Gasteiger partial charge >= 0.3 is 0 Å². The van der Waals surface area contributed by atoms with Gasteiger partial charge in [-0.05, 0) is 25.7 Å². The van der Waals surface area contributed by atoms with Crippen LogP contribution < -0.4 is 5.32 Å². The average Bonchev–Trinajstić information content (AvgIpc) is 2.67. The zero-order chi connectivity index (χ0) is 8.43. The molecule has 2 nitrogen and oxygen atoms in total. The predicted molar refractivity (Wildman–Crippen MR) is 45.2 cm³/mol. The van der Waals surface area contributed by atoms with Gasteiger partial charge in [0.2, 0.25) is 5.91 Å². The summed E-state index contributed by atoms with van der Waals surface area (Å²) in [5.74, 6) is 1.07. The molecule has 1 aliphatic carbocycles. The molecule has 0 aromatic rings. The van der Waals surface area contributed by atoms with Crippen LogP contribution in [0.1, 0.15) is 33.6 Å². The lowest BCUT2D eigenvalue weighted by molar-refractivity contribution is -0.124. The Morgan fingerprint density at radius 3 is 2.27 bits per heavy atom. The van der Waals surface area contributed by atoms with Gasteiger partial charge in [-0.25, -0.2) is 0 Å². The maximum atomic E-state index is 11.2. The normalized spacial score (nSPS) is 20.0. The molecule has 2 heteroatoms. The van der Waals surface area contributed by atoms with Crippen LogP contribution in [0.2, 0.25) is 0 Å². The van der Waals surface area contributed by atoms with E-state index in [4.69, 9.17) is 0 Å². The van der Waals surface area contributed by atoms with Crippen LogP contribution >= 0.6 is 0 Å². The van der Waals surface area contributed by atoms with Crippen molar-refractivity contribution in [2.75, 3.05) is 0 Å². The lowest BCUT2D eigenvalue weighted by Crippen LogP contribution is -2.36. The summed E-state index contributed by atoms with van der Waals surface area (Å²) < 4.78 is 0. The number of carbonyl (C=O) groups is 1. The highest BCUT2D eigenvalue weighted by molar-refractivity contribution is 5.78. The van der Waals surface area contributed by atoms with E-state index < -0.39 is 0 Å². The fraction of sp³-hybridized carbons (Fsp3) is 0.889. The molecule has 0 aliphatic heterocycles. The molecule has 1 aliphatic rings. The number of hydrogen-bond acceptors (Lipinski definition) is 1. The third-order valence-corrected chi connectivity index (χ3v) is 2.22. The fourth-order valence-electron chi connectivity index (χ4n) is 1.11. The predicted octanol–water partition coefficient (Wildman–Crippen LogP) is 1.56. The highest BCUT2D eigenvalue weighted by Gasteiger charge is 2.29. The molecule has 64 valence electrons. The van der Waals surface area contributed by atoms with Crippen molar-refractivity contribution in [3.63, 3.8) is 0 Å². The van der Waals surface area contributed by atoms with Crippen molar-refractivity contribution in [3.05, 3.63) is 0 Å². The highest BCUT2D eigenvalue weighted by Crippen LogP contribution is 2.32. The summed E-state index contributed by atoms with van der Waals surface area (Å²) in [5.41, 5.74) is 0. The van der Waals surface area contributed by atoms with Gasteiger partial charge in [0.05, 0.1) is 0 Å². The molecule has 1 amide bonds. The van der Waals surface area contributed by atoms with E-state index in [-0.39, 0.29) is 11.8 Å². The monoisotopic (exact) mass is 155 g/mol. The largest absolute Gasteiger partial charge is 0.353 e. The van der Waals surface area contributed by atoms with Crippen molar-refractivity contribution in [1.29, 1.82) is 0 Å². The molecule has 1 atom stereocenters. The molecule has 11 heavy (non-hydrogen) atoms. The Morgan fingerprint density at radius 2 is 1.91 bits per heavy atom. The lowest BCUT2D eigenvalue weighted by atomic mass is 10.1. The van der Waals surface area contributed by atoms with Gasteiger partial charge < -0.3 is 5.32 Å². The molecule has 0 aromatic carbocycles. The van der Waals surface area contributed by atoms with Crippen LogP contribution in [-0.2, 0) is 4.79 Å². The molecule has 0 unspecified atom stereocenters. The van der Waals surface area contributed by atoms with Gasteiger partial charge in [0, 0.05) is 12.0 Å². The van der Waals surface area contributed by atoms with E-state index in [0.717, 1.165) is 5.92 Å². The Bertz CT molecular complexity index is 150. The number of nitrogens with one attached hydrogen (secondary N) is 1. The van der Waals surface area contributed by atoms with E-state index in [1.807, 2.05) is 13.8 Å². The summed E-state index contributed by atoms with van der Waals surface area (Å²) in [4.78, 5) is 11.2. The van der Waals surface area contributed by atoms with Gasteiger partial charge in [-0.3, -0.25) is 4.79 Å². The van der Waals surface area contributed by atoms with Crippen LogP contribution in [0, 0.1) is 11.8 Å². The topological polar surface area (TPSA) is 29.1 Å². The first-order chi connectivity index (χ1) is 5.11. The van der Waals surface area contributed by atoms with Crippen LogP contribution in [0.3, 0.4) is 0 Å². The molecule has 1 N–H and O–H groups in total. The zero-order valence-corrected chi connectivity index (χ0v) is 7.55. The quantitative estimate of drug-likeness (QED) is 0.658. The van der Waals surface area contributed by atoms with Gasteiger partial charge in [0.1, 0.15) is 0 Å². The van der Waals surface area contributed by atoms with Gasteiger partial charge in [-0.15, -0.1) is 0 Å². The summed E-state index contributed by atoms with van der Waals surface area (Å²) >= 11 is 0. The molecular formula is C9H17NO. The molecule has 0 bridgehead atoms. The Kier molecular flexibility index (Phi) is 2.53. The Hall–Kier alpha value is -0.530. The Balaban J connectivity index is 2.23. The summed E-state index contributed by atoms with van der Waals surface area (Å²) in [6, 6.07) is 0.393. The van der Waals surface area contributed by atoms with Crippen LogP contribution in [0.25, 0.3) is 0 Å². The summed E-state index contributed by atoms with van der Waals surface area (Å²) in [6.07, 6.45) is 2.58. The molecule has 0 saturated heterocycles. The molecule has 1 rings (SSSR count). The van der Waals surface area contributed by atoms with Crippen LogP contribution in [-0.4, -0.2) is 11.9 Å². The molecule has 0 aromatic heterocycles. The van der Waals surface area contributed by atoms with E-state index in [9.17, 15) is 4.79 Å². The smallest absolute Gasteiger partial charge is 0.222 e. The SMILES string of the molecule is CC(C)C(=O)N[C@H](C)C1CC1. The van der Waals surface area contributed by atoms with Crippen molar-refractivity contribution < 1.29 is 4.79 Å². The standard InChI is InChI=1S/C9H17NO/c1-6(2)9(11)10-7(3)8-4-5-8/h6-8H,4-5H2,1-3H3,(H,10,11)/t7-/m1/s1. The van der Waals surface area contributed by atoms with Crippen molar-refractivity contribution in [1.82, 2.24) is 5.32 Å². The third kappa shape index (κ3) is 2.52. The molecule has 0 radical (unpaired) electrons. The van der Waals surface area contributed by atoms with E-state index in [1.54, 1.807) is 0 Å². The number of hydrogen-bond donors (Lipinski definition) is 1. The highest BCUT2D eigenvalue weighted by atomic mass is 16.1. The zero-order valence-electron chi connectivity index (χ0n) is 7.55. The second-order valence-electron chi connectivity index (χ2n) is 3.79. The minimum Gasteiger partial charge on any atom is -0.353 e. The third-order valence-electron chi connectivity index (χ3n) is 2.22. The summed E-state index contributed by atoms with van der Waals surface area (Å²) in [5, 5.41) is 3.00. The van der Waals surface area contributed by atoms with Crippen LogP contribution in [0.5, 0.6) is 0 Å². The molecular weight excluding hydrogens is 138 g/mol. The number of carbonyl (C=O) groups excluding carboxylic acids is 1. The van der Waals surface area contributed by atoms with Crippen LogP contribution in [0.4, 0.5) is 0 Å². The van der Waals surface area contributed by atoms with Gasteiger partial charge in [-0.1, -0.05) is 13.8 Å². The van der Waals surface area contributed by atoms with Crippen molar-refractivity contribution in [2.45, 2.75) is 39.7 Å². The van der Waals surface area contributed by atoms with Crippen molar-refractivity contribution in [3.8, 4) is 0 Å². The van der Waals surface area contributed by atoms with Crippen LogP contribution in [0.15, 0.2) is 0 Å². The number of amides is 1. The Morgan fingerprint density at radius 1 is 1.36 bits per heavy atom. The second-order valence-corrected chi connectivity index (χ2v) is 3.79. The number of rotatable bonds is 3. The van der Waals surface area contributed by atoms with E-state index >= 15 is 0 Å². The second kappa shape index (κ2) is 3.24. The summed E-state index contributed by atoms with van der Waals surface area (Å²) in [7, 11) is 0. The first kappa shape index (κ1) is 8.57.